The molecule has 1 aliphatic heterocycles. The fraction of sp³-hybridized carbons (Fsp3) is 0.320. The summed E-state index contributed by atoms with van der Waals surface area (Å²) >= 11 is 0. The van der Waals surface area contributed by atoms with E-state index in [4.69, 9.17) is 5.10 Å². The van der Waals surface area contributed by atoms with Crippen LogP contribution in [-0.4, -0.2) is 27.6 Å². The quantitative estimate of drug-likeness (QED) is 0.552. The van der Waals surface area contributed by atoms with Gasteiger partial charge in [0, 0.05) is 30.0 Å². The predicted molar refractivity (Wildman–Crippen MR) is 123 cm³/mol. The molecule has 164 valence electrons. The summed E-state index contributed by atoms with van der Waals surface area (Å²) in [6.07, 6.45) is 3.01. The standard InChI is InChI=1S/C25H27N5O2/c1-2-20-14-23(31)28-25(26-20)30-22(15-21(29-30)18-10-11-18)27-24(32)19-12-8-17(9-13-19)16-6-4-3-5-7-16/h3-9,12-13,15,18,20,25-26H,2,10-11,14H2,1H3,(H,27,32)(H,28,31). The number of anilines is 1. The number of rotatable bonds is 6. The molecular formula is C25H27N5O2. The molecule has 2 aromatic carbocycles. The van der Waals surface area contributed by atoms with Crippen molar-refractivity contribution in [1.29, 1.82) is 0 Å². The van der Waals surface area contributed by atoms with Crippen molar-refractivity contribution < 1.29 is 9.59 Å². The Balaban J connectivity index is 1.37. The van der Waals surface area contributed by atoms with Gasteiger partial charge in [-0.05, 0) is 42.5 Å². The van der Waals surface area contributed by atoms with Crippen molar-refractivity contribution in [2.24, 2.45) is 0 Å². The van der Waals surface area contributed by atoms with Crippen molar-refractivity contribution in [2.75, 3.05) is 5.32 Å². The van der Waals surface area contributed by atoms with E-state index in [1.54, 1.807) is 4.68 Å². The van der Waals surface area contributed by atoms with Gasteiger partial charge in [0.15, 0.2) is 6.29 Å². The lowest BCUT2D eigenvalue weighted by Gasteiger charge is -2.31. The number of hydrogen-bond donors (Lipinski definition) is 3. The molecule has 2 aliphatic rings. The van der Waals surface area contributed by atoms with Crippen LogP contribution in [-0.2, 0) is 4.79 Å². The highest BCUT2D eigenvalue weighted by molar-refractivity contribution is 6.04. The van der Waals surface area contributed by atoms with Gasteiger partial charge in [0.05, 0.1) is 5.69 Å². The van der Waals surface area contributed by atoms with Crippen LogP contribution in [0.25, 0.3) is 11.1 Å². The minimum atomic E-state index is -0.482. The van der Waals surface area contributed by atoms with Gasteiger partial charge in [0.2, 0.25) is 5.91 Å². The second-order valence-corrected chi connectivity index (χ2v) is 8.52. The van der Waals surface area contributed by atoms with Gasteiger partial charge < -0.3 is 10.6 Å². The Morgan fingerprint density at radius 3 is 2.50 bits per heavy atom. The summed E-state index contributed by atoms with van der Waals surface area (Å²) in [6.45, 7) is 2.05. The average molecular weight is 430 g/mol. The molecule has 2 fully saturated rings. The SMILES string of the molecule is CCC1CC(=O)NC(n2nc(C3CC3)cc2NC(=O)c2ccc(-c3ccccc3)cc2)N1. The van der Waals surface area contributed by atoms with Gasteiger partial charge in [-0.2, -0.15) is 5.10 Å². The molecule has 3 N–H and O–H groups in total. The second kappa shape index (κ2) is 8.59. The molecule has 2 heterocycles. The minimum absolute atomic E-state index is 0.0159. The highest BCUT2D eigenvalue weighted by Gasteiger charge is 2.32. The maximum atomic E-state index is 13.0. The Morgan fingerprint density at radius 2 is 1.81 bits per heavy atom. The third-order valence-corrected chi connectivity index (χ3v) is 6.11. The third-order valence-electron chi connectivity index (χ3n) is 6.11. The highest BCUT2D eigenvalue weighted by Crippen LogP contribution is 2.40. The van der Waals surface area contributed by atoms with Crippen LogP contribution in [0.3, 0.4) is 0 Å². The van der Waals surface area contributed by atoms with E-state index in [0.717, 1.165) is 36.1 Å². The van der Waals surface area contributed by atoms with Gasteiger partial charge in [-0.1, -0.05) is 49.4 Å². The molecule has 1 saturated carbocycles. The molecule has 0 bridgehead atoms. The first-order valence-corrected chi connectivity index (χ1v) is 11.2. The first-order chi connectivity index (χ1) is 15.6. The van der Waals surface area contributed by atoms with Crippen molar-refractivity contribution >= 4 is 17.6 Å². The van der Waals surface area contributed by atoms with E-state index in [1.165, 1.54) is 0 Å². The Morgan fingerprint density at radius 1 is 1.09 bits per heavy atom. The number of carbonyl (C=O) groups is 2. The van der Waals surface area contributed by atoms with Gasteiger partial charge in [-0.15, -0.1) is 0 Å². The highest BCUT2D eigenvalue weighted by atomic mass is 16.2. The Hall–Kier alpha value is -3.45. The maximum absolute atomic E-state index is 13.0. The number of aromatic nitrogens is 2. The van der Waals surface area contributed by atoms with E-state index >= 15 is 0 Å². The molecule has 0 spiro atoms. The van der Waals surface area contributed by atoms with Crippen molar-refractivity contribution in [3.8, 4) is 11.1 Å². The smallest absolute Gasteiger partial charge is 0.256 e. The summed E-state index contributed by atoms with van der Waals surface area (Å²) in [7, 11) is 0. The predicted octanol–water partition coefficient (Wildman–Crippen LogP) is 4.02. The van der Waals surface area contributed by atoms with Crippen LogP contribution >= 0.6 is 0 Å². The molecule has 2 atom stereocenters. The molecule has 7 nitrogen and oxygen atoms in total. The monoisotopic (exact) mass is 429 g/mol. The van der Waals surface area contributed by atoms with Crippen LogP contribution < -0.4 is 16.0 Å². The summed E-state index contributed by atoms with van der Waals surface area (Å²) < 4.78 is 1.70. The van der Waals surface area contributed by atoms with E-state index in [9.17, 15) is 9.59 Å². The molecule has 2 amide bonds. The van der Waals surface area contributed by atoms with Gasteiger partial charge >= 0.3 is 0 Å². The van der Waals surface area contributed by atoms with Crippen LogP contribution in [0.4, 0.5) is 5.82 Å². The summed E-state index contributed by atoms with van der Waals surface area (Å²) in [5.41, 5.74) is 3.69. The van der Waals surface area contributed by atoms with Crippen molar-refractivity contribution in [1.82, 2.24) is 20.4 Å². The number of nitrogens with zero attached hydrogens (tertiary/aromatic N) is 2. The first-order valence-electron chi connectivity index (χ1n) is 11.2. The topological polar surface area (TPSA) is 88.1 Å². The third kappa shape index (κ3) is 4.29. The van der Waals surface area contributed by atoms with Gasteiger partial charge in [0.25, 0.3) is 5.91 Å². The maximum Gasteiger partial charge on any atom is 0.256 e. The van der Waals surface area contributed by atoms with Gasteiger partial charge in [0.1, 0.15) is 5.82 Å². The van der Waals surface area contributed by atoms with E-state index in [2.05, 4.69) is 16.0 Å². The van der Waals surface area contributed by atoms with Crippen LogP contribution in [0.1, 0.15) is 60.9 Å². The minimum Gasteiger partial charge on any atom is -0.322 e. The molecule has 1 aromatic heterocycles. The lowest BCUT2D eigenvalue weighted by Crippen LogP contribution is -2.53. The number of nitrogens with one attached hydrogen (secondary N) is 3. The zero-order chi connectivity index (χ0) is 22.1. The summed E-state index contributed by atoms with van der Waals surface area (Å²) in [6, 6.07) is 19.6. The van der Waals surface area contributed by atoms with Crippen molar-refractivity contribution in [2.45, 2.75) is 50.9 Å². The number of benzene rings is 2. The van der Waals surface area contributed by atoms with Crippen LogP contribution in [0, 0.1) is 0 Å². The van der Waals surface area contributed by atoms with E-state index in [-0.39, 0.29) is 17.9 Å². The second-order valence-electron chi connectivity index (χ2n) is 8.52. The van der Waals surface area contributed by atoms with E-state index < -0.39 is 6.29 Å². The normalized spacial score (nSPS) is 20.6. The van der Waals surface area contributed by atoms with Gasteiger partial charge in [-0.3, -0.25) is 14.9 Å². The largest absolute Gasteiger partial charge is 0.322 e. The molecule has 7 heteroatoms. The zero-order valence-corrected chi connectivity index (χ0v) is 18.0. The molecule has 5 rings (SSSR count). The summed E-state index contributed by atoms with van der Waals surface area (Å²) in [4.78, 5) is 25.2. The summed E-state index contributed by atoms with van der Waals surface area (Å²) in [5, 5.41) is 14.1. The van der Waals surface area contributed by atoms with E-state index in [1.807, 2.05) is 67.6 Å². The first kappa shape index (κ1) is 20.5. The molecule has 1 aliphatic carbocycles. The number of hydrogen-bond acceptors (Lipinski definition) is 4. The van der Waals surface area contributed by atoms with Crippen LogP contribution in [0.5, 0.6) is 0 Å². The Labute approximate surface area is 187 Å². The molecule has 3 aromatic rings. The van der Waals surface area contributed by atoms with E-state index in [0.29, 0.717) is 23.7 Å². The van der Waals surface area contributed by atoms with Gasteiger partial charge in [-0.25, -0.2) is 4.68 Å². The fourth-order valence-corrected chi connectivity index (χ4v) is 4.07. The molecule has 0 radical (unpaired) electrons. The fourth-order valence-electron chi connectivity index (χ4n) is 4.07. The molecule has 1 saturated heterocycles. The molecule has 32 heavy (non-hydrogen) atoms. The zero-order valence-electron chi connectivity index (χ0n) is 18.0. The molecular weight excluding hydrogens is 402 g/mol. The number of amides is 2. The van der Waals surface area contributed by atoms with Crippen LogP contribution in [0.2, 0.25) is 0 Å². The average Bonchev–Trinajstić information content (AvgIpc) is 3.59. The van der Waals surface area contributed by atoms with Crippen molar-refractivity contribution in [3.05, 3.63) is 71.9 Å². The lowest BCUT2D eigenvalue weighted by molar-refractivity contribution is -0.125. The van der Waals surface area contributed by atoms with Crippen LogP contribution in [0.15, 0.2) is 60.7 Å². The lowest BCUT2D eigenvalue weighted by atomic mass is 10.0. The van der Waals surface area contributed by atoms with Crippen molar-refractivity contribution in [3.63, 3.8) is 0 Å². The summed E-state index contributed by atoms with van der Waals surface area (Å²) in [5.74, 6) is 0.789. The Kier molecular flexibility index (Phi) is 5.49. The number of carbonyl (C=O) groups excluding carboxylic acids is 2. The Bertz CT molecular complexity index is 1120. The molecule has 2 unspecified atom stereocenters.